The van der Waals surface area contributed by atoms with Gasteiger partial charge in [0.25, 0.3) is 0 Å². The van der Waals surface area contributed by atoms with Crippen LogP contribution in [0.5, 0.6) is 0 Å². The molecule has 4 atom stereocenters. The maximum Gasteiger partial charge on any atom is 0.336 e. The molecule has 0 aliphatic heterocycles. The van der Waals surface area contributed by atoms with E-state index in [0.29, 0.717) is 0 Å². The summed E-state index contributed by atoms with van der Waals surface area (Å²) in [6.45, 7) is -0.928. The van der Waals surface area contributed by atoms with Crippen molar-refractivity contribution in [2.45, 2.75) is 30.3 Å². The first-order valence-corrected chi connectivity index (χ1v) is 6.88. The van der Waals surface area contributed by atoms with Gasteiger partial charge in [-0.25, -0.2) is 4.79 Å². The van der Waals surface area contributed by atoms with Gasteiger partial charge in [-0.2, -0.15) is 0 Å². The zero-order valence-electron chi connectivity index (χ0n) is 9.69. The predicted molar refractivity (Wildman–Crippen MR) is 59.2 cm³/mol. The lowest BCUT2D eigenvalue weighted by Crippen LogP contribution is -2.50. The molecule has 0 amide bonds. The van der Waals surface area contributed by atoms with Crippen molar-refractivity contribution in [1.82, 2.24) is 0 Å². The Bertz CT molecular complexity index is 353. The van der Waals surface area contributed by atoms with Crippen LogP contribution < -0.4 is 0 Å². The molecule has 10 nitrogen and oxygen atoms in total. The van der Waals surface area contributed by atoms with Gasteiger partial charge in [-0.15, -0.1) is 0 Å². The molecule has 0 rings (SSSR count). The zero-order chi connectivity index (χ0) is 15.4. The molecule has 11 heteroatoms. The first-order chi connectivity index (χ1) is 8.43. The van der Waals surface area contributed by atoms with Crippen LogP contribution in [-0.2, 0) is 9.36 Å². The summed E-state index contributed by atoms with van der Waals surface area (Å²) in [6, 6.07) is 0. The average molecular weight is 304 g/mol. The molecule has 0 spiro atoms. The molecule has 0 fully saturated rings. The standard InChI is InChI=1S/C8H17O10P/c9-2-5(11)6(12)4(10)1-8(15,7(13)14)3-19(16,17)18/h4-6,9-12,15H,1-3H2,(H,13,14)(H2,16,17,18)/t4-,5-,6+,8+/m1/s1. The van der Waals surface area contributed by atoms with E-state index >= 15 is 0 Å². The fourth-order valence-corrected chi connectivity index (χ4v) is 2.34. The molecule has 0 aromatic rings. The Morgan fingerprint density at radius 3 is 1.95 bits per heavy atom. The zero-order valence-corrected chi connectivity index (χ0v) is 10.6. The molecule has 0 aromatic heterocycles. The Labute approximate surface area is 107 Å². The quantitative estimate of drug-likeness (QED) is 0.208. The lowest BCUT2D eigenvalue weighted by molar-refractivity contribution is -0.163. The van der Waals surface area contributed by atoms with Crippen LogP contribution in [0.25, 0.3) is 0 Å². The summed E-state index contributed by atoms with van der Waals surface area (Å²) < 4.78 is 10.7. The van der Waals surface area contributed by atoms with Crippen molar-refractivity contribution in [1.29, 1.82) is 0 Å². The Morgan fingerprint density at radius 1 is 1.16 bits per heavy atom. The molecule has 0 radical (unpaired) electrons. The second-order valence-corrected chi connectivity index (χ2v) is 5.82. The van der Waals surface area contributed by atoms with Crippen LogP contribution in [0.3, 0.4) is 0 Å². The van der Waals surface area contributed by atoms with Crippen LogP contribution >= 0.6 is 7.60 Å². The molecule has 0 saturated carbocycles. The molecule has 0 saturated heterocycles. The van der Waals surface area contributed by atoms with Crippen LogP contribution in [0.15, 0.2) is 0 Å². The van der Waals surface area contributed by atoms with Crippen molar-refractivity contribution >= 4 is 13.6 Å². The number of hydrogen-bond donors (Lipinski definition) is 8. The van der Waals surface area contributed by atoms with E-state index in [1.807, 2.05) is 0 Å². The minimum absolute atomic E-state index is 0.928. The normalized spacial score (nSPS) is 20.4. The summed E-state index contributed by atoms with van der Waals surface area (Å²) in [5.41, 5.74) is -2.98. The summed E-state index contributed by atoms with van der Waals surface area (Å²) in [6.07, 6.45) is -8.37. The van der Waals surface area contributed by atoms with E-state index < -0.39 is 56.7 Å². The van der Waals surface area contributed by atoms with Crippen LogP contribution in [0.1, 0.15) is 6.42 Å². The molecule has 0 aliphatic rings. The van der Waals surface area contributed by atoms with Crippen molar-refractivity contribution in [3.8, 4) is 0 Å². The number of carbonyl (C=O) groups is 1. The van der Waals surface area contributed by atoms with Gasteiger partial charge in [0.15, 0.2) is 5.60 Å². The second-order valence-electron chi connectivity index (χ2n) is 4.17. The Morgan fingerprint density at radius 2 is 1.63 bits per heavy atom. The van der Waals surface area contributed by atoms with Gasteiger partial charge < -0.3 is 40.4 Å². The highest BCUT2D eigenvalue weighted by Crippen LogP contribution is 2.40. The van der Waals surface area contributed by atoms with E-state index in [-0.39, 0.29) is 0 Å². The summed E-state index contributed by atoms with van der Waals surface area (Å²) in [7, 11) is -4.89. The third-order valence-electron chi connectivity index (χ3n) is 2.39. The van der Waals surface area contributed by atoms with E-state index in [4.69, 9.17) is 25.1 Å². The van der Waals surface area contributed by atoms with E-state index in [2.05, 4.69) is 0 Å². The maximum absolute atomic E-state index is 10.8. The fraction of sp³-hybridized carbons (Fsp3) is 0.875. The number of hydrogen-bond acceptors (Lipinski definition) is 7. The van der Waals surface area contributed by atoms with Crippen molar-refractivity contribution < 1.29 is 49.8 Å². The van der Waals surface area contributed by atoms with E-state index in [9.17, 15) is 24.7 Å². The summed E-state index contributed by atoms with van der Waals surface area (Å²) in [5, 5.41) is 54.5. The largest absolute Gasteiger partial charge is 0.479 e. The summed E-state index contributed by atoms with van der Waals surface area (Å²) in [4.78, 5) is 28.1. The summed E-state index contributed by atoms with van der Waals surface area (Å²) >= 11 is 0. The van der Waals surface area contributed by atoms with Crippen LogP contribution in [0, 0.1) is 0 Å². The topological polar surface area (TPSA) is 196 Å². The molecular weight excluding hydrogens is 287 g/mol. The van der Waals surface area contributed by atoms with Crippen LogP contribution in [0.2, 0.25) is 0 Å². The third kappa shape index (κ3) is 5.93. The molecule has 19 heavy (non-hydrogen) atoms. The molecule has 0 aromatic carbocycles. The van der Waals surface area contributed by atoms with Gasteiger partial charge in [0.1, 0.15) is 12.2 Å². The second kappa shape index (κ2) is 6.73. The molecule has 114 valence electrons. The lowest BCUT2D eigenvalue weighted by atomic mass is 9.94. The first-order valence-electron chi connectivity index (χ1n) is 5.08. The fourth-order valence-electron chi connectivity index (χ4n) is 1.39. The summed E-state index contributed by atoms with van der Waals surface area (Å²) in [5.74, 6) is -2.00. The van der Waals surface area contributed by atoms with E-state index in [1.54, 1.807) is 0 Å². The predicted octanol–water partition coefficient (Wildman–Crippen LogP) is -3.56. The highest BCUT2D eigenvalue weighted by atomic mass is 31.2. The Hall–Kier alpha value is -0.580. The van der Waals surface area contributed by atoms with Crippen LogP contribution in [0.4, 0.5) is 0 Å². The molecule has 0 aliphatic carbocycles. The highest BCUT2D eigenvalue weighted by Gasteiger charge is 2.45. The molecule has 0 heterocycles. The smallest absolute Gasteiger partial charge is 0.336 e. The van der Waals surface area contributed by atoms with Gasteiger partial charge in [0, 0.05) is 6.42 Å². The number of carboxylic acid groups (broad SMARTS) is 1. The molecule has 0 bridgehead atoms. The van der Waals surface area contributed by atoms with Crippen molar-refractivity contribution in [2.24, 2.45) is 0 Å². The minimum atomic E-state index is -4.89. The van der Waals surface area contributed by atoms with Gasteiger partial charge in [-0.1, -0.05) is 0 Å². The van der Waals surface area contributed by atoms with Gasteiger partial charge in [-0.05, 0) is 0 Å². The molecular formula is C8H17O10P. The number of aliphatic carboxylic acids is 1. The Kier molecular flexibility index (Phi) is 6.52. The minimum Gasteiger partial charge on any atom is -0.479 e. The highest BCUT2D eigenvalue weighted by molar-refractivity contribution is 7.51. The van der Waals surface area contributed by atoms with Gasteiger partial charge in [-0.3, -0.25) is 4.57 Å². The number of aliphatic hydroxyl groups is 5. The van der Waals surface area contributed by atoms with Crippen LogP contribution in [-0.4, -0.2) is 83.1 Å². The maximum atomic E-state index is 10.8. The average Bonchev–Trinajstić information content (AvgIpc) is 2.23. The monoisotopic (exact) mass is 304 g/mol. The Balaban J connectivity index is 4.95. The van der Waals surface area contributed by atoms with Crippen molar-refractivity contribution in [2.75, 3.05) is 12.8 Å². The number of rotatable bonds is 8. The van der Waals surface area contributed by atoms with E-state index in [1.165, 1.54) is 0 Å². The van der Waals surface area contributed by atoms with Crippen molar-refractivity contribution in [3.63, 3.8) is 0 Å². The first kappa shape index (κ1) is 18.4. The third-order valence-corrected chi connectivity index (χ3v) is 3.32. The number of carboxylic acids is 1. The van der Waals surface area contributed by atoms with Gasteiger partial charge in [0.05, 0.1) is 18.9 Å². The SMILES string of the molecule is O=C(O)[C@](O)(C[C@@H](O)[C@H](O)[C@H](O)CO)CP(=O)(O)O. The lowest BCUT2D eigenvalue weighted by Gasteiger charge is -2.29. The molecule has 8 N–H and O–H groups in total. The molecule has 0 unspecified atom stereocenters. The van der Waals surface area contributed by atoms with Gasteiger partial charge in [0.2, 0.25) is 0 Å². The van der Waals surface area contributed by atoms with Crippen molar-refractivity contribution in [3.05, 3.63) is 0 Å². The van der Waals surface area contributed by atoms with E-state index in [0.717, 1.165) is 0 Å². The number of aliphatic hydroxyl groups excluding tert-OH is 4. The van der Waals surface area contributed by atoms with Gasteiger partial charge >= 0.3 is 13.6 Å².